The maximum Gasteiger partial charge on any atom is 0.262 e. The number of aryl methyl sites for hydroxylation is 1. The van der Waals surface area contributed by atoms with Crippen LogP contribution in [0.2, 0.25) is 0 Å². The lowest BCUT2D eigenvalue weighted by molar-refractivity contribution is 0.453. The first-order valence-electron chi connectivity index (χ1n) is 4.49. The van der Waals surface area contributed by atoms with E-state index in [9.17, 15) is 0 Å². The standard InChI is InChI=1S/C9H9BrN4OS/c1-5-4-15-9(13-5)16-7-6(10)3-12-8(11-2)14-7/h3-4H,1-2H3,(H,11,12,14). The van der Waals surface area contributed by atoms with Crippen molar-refractivity contribution in [2.45, 2.75) is 17.2 Å². The van der Waals surface area contributed by atoms with Gasteiger partial charge in [0.05, 0.1) is 10.2 Å². The van der Waals surface area contributed by atoms with Crippen molar-refractivity contribution in [1.82, 2.24) is 15.0 Å². The summed E-state index contributed by atoms with van der Waals surface area (Å²) in [6.45, 7) is 1.88. The van der Waals surface area contributed by atoms with Gasteiger partial charge in [0.25, 0.3) is 5.22 Å². The average Bonchev–Trinajstić information content (AvgIpc) is 2.67. The van der Waals surface area contributed by atoms with Crippen molar-refractivity contribution in [3.05, 3.63) is 22.6 Å². The van der Waals surface area contributed by atoms with E-state index in [0.29, 0.717) is 11.2 Å². The Hall–Kier alpha value is -1.08. The molecule has 0 aliphatic heterocycles. The largest absolute Gasteiger partial charge is 0.439 e. The Morgan fingerprint density at radius 3 is 2.88 bits per heavy atom. The average molecular weight is 301 g/mol. The number of rotatable bonds is 3. The summed E-state index contributed by atoms with van der Waals surface area (Å²) < 4.78 is 6.06. The van der Waals surface area contributed by atoms with Crippen LogP contribution in [0.1, 0.15) is 5.69 Å². The molecule has 0 saturated carbocycles. The molecule has 0 aliphatic rings. The van der Waals surface area contributed by atoms with E-state index >= 15 is 0 Å². The topological polar surface area (TPSA) is 63.8 Å². The van der Waals surface area contributed by atoms with Gasteiger partial charge in [0.15, 0.2) is 0 Å². The van der Waals surface area contributed by atoms with E-state index in [-0.39, 0.29) is 0 Å². The molecule has 0 saturated heterocycles. The number of aromatic nitrogens is 3. The van der Waals surface area contributed by atoms with Gasteiger partial charge in [-0.3, -0.25) is 0 Å². The van der Waals surface area contributed by atoms with Crippen LogP contribution in [-0.2, 0) is 0 Å². The molecule has 5 nitrogen and oxygen atoms in total. The van der Waals surface area contributed by atoms with Crippen molar-refractivity contribution in [2.24, 2.45) is 0 Å². The molecule has 1 N–H and O–H groups in total. The molecule has 84 valence electrons. The second-order valence-corrected chi connectivity index (χ2v) is 4.75. The van der Waals surface area contributed by atoms with E-state index < -0.39 is 0 Å². The molecule has 0 spiro atoms. The Bertz CT molecular complexity index is 502. The van der Waals surface area contributed by atoms with Gasteiger partial charge in [-0.05, 0) is 34.6 Å². The van der Waals surface area contributed by atoms with Crippen molar-refractivity contribution < 1.29 is 4.42 Å². The quantitative estimate of drug-likeness (QED) is 0.879. The summed E-state index contributed by atoms with van der Waals surface area (Å²) in [4.78, 5) is 12.6. The zero-order valence-corrected chi connectivity index (χ0v) is 11.1. The van der Waals surface area contributed by atoms with Gasteiger partial charge in [-0.2, -0.15) is 0 Å². The van der Waals surface area contributed by atoms with Crippen molar-refractivity contribution in [1.29, 1.82) is 0 Å². The molecule has 16 heavy (non-hydrogen) atoms. The first kappa shape index (κ1) is 11.4. The van der Waals surface area contributed by atoms with Crippen molar-refractivity contribution >= 4 is 33.6 Å². The summed E-state index contributed by atoms with van der Waals surface area (Å²) >= 11 is 4.73. The third kappa shape index (κ3) is 2.53. The number of hydrogen-bond donors (Lipinski definition) is 1. The molecule has 0 aliphatic carbocycles. The lowest BCUT2D eigenvalue weighted by Crippen LogP contribution is -1.97. The van der Waals surface area contributed by atoms with Crippen molar-refractivity contribution in [3.8, 4) is 0 Å². The van der Waals surface area contributed by atoms with Crippen LogP contribution in [0.4, 0.5) is 5.95 Å². The monoisotopic (exact) mass is 300 g/mol. The predicted molar refractivity (Wildman–Crippen MR) is 64.6 cm³/mol. The fraction of sp³-hybridized carbons (Fsp3) is 0.222. The molecular formula is C9H9BrN4OS. The molecule has 0 atom stereocenters. The fourth-order valence-corrected chi connectivity index (χ4v) is 2.17. The second-order valence-electron chi connectivity index (χ2n) is 2.95. The summed E-state index contributed by atoms with van der Waals surface area (Å²) in [5, 5.41) is 4.21. The maximum atomic E-state index is 5.25. The van der Waals surface area contributed by atoms with E-state index in [1.165, 1.54) is 11.8 Å². The lowest BCUT2D eigenvalue weighted by atomic mass is 10.6. The van der Waals surface area contributed by atoms with Gasteiger partial charge in [0.2, 0.25) is 5.95 Å². The number of halogens is 1. The number of hydrogen-bond acceptors (Lipinski definition) is 6. The molecular weight excluding hydrogens is 292 g/mol. The van der Waals surface area contributed by atoms with Crippen molar-refractivity contribution in [3.63, 3.8) is 0 Å². The van der Waals surface area contributed by atoms with Gasteiger partial charge in [-0.25, -0.2) is 15.0 Å². The molecule has 7 heteroatoms. The van der Waals surface area contributed by atoms with Crippen LogP contribution in [-0.4, -0.2) is 22.0 Å². The lowest BCUT2D eigenvalue weighted by Gasteiger charge is -2.02. The zero-order chi connectivity index (χ0) is 11.5. The minimum Gasteiger partial charge on any atom is -0.439 e. The minimum atomic E-state index is 0.564. The third-order valence-electron chi connectivity index (χ3n) is 1.72. The van der Waals surface area contributed by atoms with Gasteiger partial charge in [-0.1, -0.05) is 0 Å². The van der Waals surface area contributed by atoms with Crippen molar-refractivity contribution in [2.75, 3.05) is 12.4 Å². The first-order valence-corrected chi connectivity index (χ1v) is 6.10. The van der Waals surface area contributed by atoms with Crippen LogP contribution in [0.5, 0.6) is 0 Å². The molecule has 2 aromatic heterocycles. The number of nitrogens with one attached hydrogen (secondary N) is 1. The molecule has 2 aromatic rings. The normalized spacial score (nSPS) is 10.4. The van der Waals surface area contributed by atoms with E-state index in [4.69, 9.17) is 4.42 Å². The molecule has 2 heterocycles. The van der Waals surface area contributed by atoms with Crippen LogP contribution in [0, 0.1) is 6.92 Å². The van der Waals surface area contributed by atoms with Gasteiger partial charge < -0.3 is 9.73 Å². The molecule has 0 radical (unpaired) electrons. The predicted octanol–water partition coefficient (Wildman–Crippen LogP) is 2.73. The summed E-state index contributed by atoms with van der Waals surface area (Å²) in [7, 11) is 1.77. The first-order chi connectivity index (χ1) is 7.69. The van der Waals surface area contributed by atoms with Gasteiger partial charge in [0, 0.05) is 13.2 Å². The summed E-state index contributed by atoms with van der Waals surface area (Å²) in [5.41, 5.74) is 0.849. The third-order valence-corrected chi connectivity index (χ3v) is 3.43. The Labute approximate surface area is 105 Å². The van der Waals surface area contributed by atoms with E-state index in [1.807, 2.05) is 6.92 Å². The molecule has 0 bridgehead atoms. The van der Waals surface area contributed by atoms with Crippen LogP contribution in [0.25, 0.3) is 0 Å². The molecule has 0 aromatic carbocycles. The highest BCUT2D eigenvalue weighted by Crippen LogP contribution is 2.31. The van der Waals surface area contributed by atoms with Crippen LogP contribution in [0.3, 0.4) is 0 Å². The number of nitrogens with zero attached hydrogens (tertiary/aromatic N) is 3. The van der Waals surface area contributed by atoms with E-state index in [2.05, 4.69) is 36.2 Å². The second kappa shape index (κ2) is 4.84. The van der Waals surface area contributed by atoms with Crippen LogP contribution in [0.15, 0.2) is 31.6 Å². The molecule has 0 amide bonds. The Kier molecular flexibility index (Phi) is 3.45. The summed E-state index contributed by atoms with van der Waals surface area (Å²) in [6.07, 6.45) is 3.30. The highest BCUT2D eigenvalue weighted by molar-refractivity contribution is 9.10. The van der Waals surface area contributed by atoms with E-state index in [0.717, 1.165) is 15.2 Å². The highest BCUT2D eigenvalue weighted by Gasteiger charge is 2.10. The molecule has 0 fully saturated rings. The van der Waals surface area contributed by atoms with E-state index in [1.54, 1.807) is 19.5 Å². The van der Waals surface area contributed by atoms with Gasteiger partial charge >= 0.3 is 0 Å². The fourth-order valence-electron chi connectivity index (χ4n) is 1.01. The number of oxazole rings is 1. The van der Waals surface area contributed by atoms with Gasteiger partial charge in [-0.15, -0.1) is 0 Å². The SMILES string of the molecule is CNc1ncc(Br)c(Sc2nc(C)co2)n1. The highest BCUT2D eigenvalue weighted by atomic mass is 79.9. The molecule has 2 rings (SSSR count). The molecule has 0 unspecified atom stereocenters. The zero-order valence-electron chi connectivity index (χ0n) is 8.69. The Morgan fingerprint density at radius 2 is 2.25 bits per heavy atom. The van der Waals surface area contributed by atoms with Gasteiger partial charge in [0.1, 0.15) is 11.3 Å². The minimum absolute atomic E-state index is 0.564. The maximum absolute atomic E-state index is 5.25. The van der Waals surface area contributed by atoms with Crippen LogP contribution < -0.4 is 5.32 Å². The smallest absolute Gasteiger partial charge is 0.262 e. The Morgan fingerprint density at radius 1 is 1.44 bits per heavy atom. The number of anilines is 1. The summed E-state index contributed by atoms with van der Waals surface area (Å²) in [5.74, 6) is 0.564. The summed E-state index contributed by atoms with van der Waals surface area (Å²) in [6, 6.07) is 0. The van der Waals surface area contributed by atoms with Crippen LogP contribution >= 0.6 is 27.7 Å². The Balaban J connectivity index is 2.26.